The molecule has 94 valence electrons. The van der Waals surface area contributed by atoms with Crippen molar-refractivity contribution in [3.63, 3.8) is 0 Å². The van der Waals surface area contributed by atoms with Gasteiger partial charge in [0, 0.05) is 13.2 Å². The lowest BCUT2D eigenvalue weighted by molar-refractivity contribution is 0.118. The lowest BCUT2D eigenvalue weighted by Crippen LogP contribution is -2.02. The maximum Gasteiger partial charge on any atom is 0.0468 e. The van der Waals surface area contributed by atoms with E-state index in [1.54, 1.807) is 0 Å². The molecule has 1 heterocycles. The summed E-state index contributed by atoms with van der Waals surface area (Å²) in [5.41, 5.74) is 0. The van der Waals surface area contributed by atoms with Gasteiger partial charge in [-0.05, 0) is 38.0 Å². The first kappa shape index (κ1) is 13.8. The monoisotopic (exact) mass is 224 g/mol. The minimum Gasteiger partial charge on any atom is -0.381 e. The summed E-state index contributed by atoms with van der Waals surface area (Å²) in [5, 5.41) is 0. The Morgan fingerprint density at radius 2 is 1.62 bits per heavy atom. The van der Waals surface area contributed by atoms with E-state index in [4.69, 9.17) is 4.74 Å². The summed E-state index contributed by atoms with van der Waals surface area (Å²) in [6.45, 7) is 4.25. The number of allylic oxidation sites excluding steroid dienone is 2. The van der Waals surface area contributed by atoms with Gasteiger partial charge in [0.1, 0.15) is 0 Å². The standard InChI is InChI=1S/C15H28O/c1-15-11-9-7-5-3-2-4-6-8-10-13-16-14-12-15/h7,9,15H,2-6,8,10-14H2,1H3/b9-7-. The molecule has 1 unspecified atom stereocenters. The van der Waals surface area contributed by atoms with E-state index in [0.29, 0.717) is 0 Å². The van der Waals surface area contributed by atoms with Crippen LogP contribution in [0.2, 0.25) is 0 Å². The number of hydrogen-bond donors (Lipinski definition) is 0. The third-order valence-electron chi connectivity index (χ3n) is 3.37. The minimum atomic E-state index is 0.779. The Balaban J connectivity index is 2.18. The van der Waals surface area contributed by atoms with Gasteiger partial charge in [0.25, 0.3) is 0 Å². The van der Waals surface area contributed by atoms with Crippen molar-refractivity contribution >= 4 is 0 Å². The normalized spacial score (nSPS) is 28.9. The van der Waals surface area contributed by atoms with Crippen molar-refractivity contribution in [3.05, 3.63) is 12.2 Å². The van der Waals surface area contributed by atoms with Gasteiger partial charge in [-0.3, -0.25) is 0 Å². The largest absolute Gasteiger partial charge is 0.381 e. The summed E-state index contributed by atoms with van der Waals surface area (Å²) >= 11 is 0. The van der Waals surface area contributed by atoms with E-state index in [1.165, 1.54) is 57.8 Å². The first-order valence-electron chi connectivity index (χ1n) is 7.12. The highest BCUT2D eigenvalue weighted by Gasteiger charge is 2.00. The molecular weight excluding hydrogens is 196 g/mol. The molecule has 1 rings (SSSR count). The highest BCUT2D eigenvalue weighted by molar-refractivity contribution is 4.83. The third-order valence-corrected chi connectivity index (χ3v) is 3.37. The van der Waals surface area contributed by atoms with Crippen molar-refractivity contribution in [1.82, 2.24) is 0 Å². The van der Waals surface area contributed by atoms with Crippen LogP contribution in [0.1, 0.15) is 64.7 Å². The molecule has 0 spiro atoms. The molecule has 0 aliphatic carbocycles. The van der Waals surface area contributed by atoms with Crippen LogP contribution in [0.3, 0.4) is 0 Å². The molecule has 0 saturated heterocycles. The van der Waals surface area contributed by atoms with E-state index in [2.05, 4.69) is 19.1 Å². The molecule has 1 heteroatoms. The molecule has 0 bridgehead atoms. The van der Waals surface area contributed by atoms with Crippen molar-refractivity contribution in [2.75, 3.05) is 13.2 Å². The van der Waals surface area contributed by atoms with Gasteiger partial charge in [0.2, 0.25) is 0 Å². The average Bonchev–Trinajstić information content (AvgIpc) is 2.29. The van der Waals surface area contributed by atoms with Crippen LogP contribution >= 0.6 is 0 Å². The fourth-order valence-electron chi connectivity index (χ4n) is 2.12. The predicted octanol–water partition coefficient (Wildman–Crippen LogP) is 4.72. The summed E-state index contributed by atoms with van der Waals surface area (Å²) in [6.07, 6.45) is 16.6. The molecule has 1 aliphatic rings. The smallest absolute Gasteiger partial charge is 0.0468 e. The third kappa shape index (κ3) is 7.92. The molecule has 0 amide bonds. The van der Waals surface area contributed by atoms with Gasteiger partial charge in [-0.25, -0.2) is 0 Å². The van der Waals surface area contributed by atoms with E-state index in [1.807, 2.05) is 0 Å². The molecule has 0 aromatic rings. The van der Waals surface area contributed by atoms with Crippen LogP contribution < -0.4 is 0 Å². The highest BCUT2D eigenvalue weighted by Crippen LogP contribution is 2.12. The minimum absolute atomic E-state index is 0.779. The zero-order valence-electron chi connectivity index (χ0n) is 10.9. The SMILES string of the molecule is CC1C/C=C\CCCCCCCCOCC1. The Labute approximate surface area is 101 Å². The van der Waals surface area contributed by atoms with Crippen LogP contribution in [0.5, 0.6) is 0 Å². The molecule has 0 fully saturated rings. The Hall–Kier alpha value is -0.300. The Morgan fingerprint density at radius 3 is 2.50 bits per heavy atom. The number of ether oxygens (including phenoxy) is 1. The van der Waals surface area contributed by atoms with E-state index in [0.717, 1.165) is 19.1 Å². The molecule has 0 radical (unpaired) electrons. The predicted molar refractivity (Wildman–Crippen MR) is 70.7 cm³/mol. The van der Waals surface area contributed by atoms with Crippen LogP contribution in [0, 0.1) is 5.92 Å². The van der Waals surface area contributed by atoms with Gasteiger partial charge < -0.3 is 4.74 Å². The highest BCUT2D eigenvalue weighted by atomic mass is 16.5. The van der Waals surface area contributed by atoms with Crippen molar-refractivity contribution < 1.29 is 4.74 Å². The van der Waals surface area contributed by atoms with Crippen LogP contribution in [-0.4, -0.2) is 13.2 Å². The molecule has 0 N–H and O–H groups in total. The second-order valence-corrected chi connectivity index (χ2v) is 5.12. The maximum atomic E-state index is 5.66. The molecule has 0 saturated carbocycles. The number of hydrogen-bond acceptors (Lipinski definition) is 1. The first-order chi connectivity index (χ1) is 7.89. The van der Waals surface area contributed by atoms with Crippen molar-refractivity contribution in [3.8, 4) is 0 Å². The Kier molecular flexibility index (Phi) is 8.51. The van der Waals surface area contributed by atoms with Crippen LogP contribution in [0.15, 0.2) is 12.2 Å². The summed E-state index contributed by atoms with van der Waals surface area (Å²) < 4.78 is 5.66. The quantitative estimate of drug-likeness (QED) is 0.541. The lowest BCUT2D eigenvalue weighted by Gasteiger charge is -2.09. The molecule has 16 heavy (non-hydrogen) atoms. The fraction of sp³-hybridized carbons (Fsp3) is 0.867. The Bertz CT molecular complexity index is 174. The summed E-state index contributed by atoms with van der Waals surface area (Å²) in [7, 11) is 0. The van der Waals surface area contributed by atoms with Gasteiger partial charge in [0.05, 0.1) is 0 Å². The lowest BCUT2D eigenvalue weighted by atomic mass is 10.0. The number of rotatable bonds is 0. The van der Waals surface area contributed by atoms with Gasteiger partial charge in [-0.2, -0.15) is 0 Å². The summed E-state index contributed by atoms with van der Waals surface area (Å²) in [6, 6.07) is 0. The van der Waals surface area contributed by atoms with Gasteiger partial charge in [0.15, 0.2) is 0 Å². The van der Waals surface area contributed by atoms with E-state index < -0.39 is 0 Å². The molecule has 1 nitrogen and oxygen atoms in total. The van der Waals surface area contributed by atoms with Crippen molar-refractivity contribution in [1.29, 1.82) is 0 Å². The van der Waals surface area contributed by atoms with Crippen LogP contribution in [-0.2, 0) is 4.74 Å². The molecular formula is C15H28O. The topological polar surface area (TPSA) is 9.23 Å². The first-order valence-corrected chi connectivity index (χ1v) is 7.12. The Morgan fingerprint density at radius 1 is 0.875 bits per heavy atom. The zero-order chi connectivity index (χ0) is 11.5. The van der Waals surface area contributed by atoms with E-state index in [-0.39, 0.29) is 0 Å². The fourth-order valence-corrected chi connectivity index (χ4v) is 2.12. The van der Waals surface area contributed by atoms with Gasteiger partial charge >= 0.3 is 0 Å². The van der Waals surface area contributed by atoms with Gasteiger partial charge in [-0.1, -0.05) is 44.8 Å². The van der Waals surface area contributed by atoms with E-state index >= 15 is 0 Å². The van der Waals surface area contributed by atoms with Crippen molar-refractivity contribution in [2.24, 2.45) is 5.92 Å². The second-order valence-electron chi connectivity index (χ2n) is 5.12. The molecule has 1 aliphatic heterocycles. The van der Waals surface area contributed by atoms with Crippen LogP contribution in [0.4, 0.5) is 0 Å². The second kappa shape index (κ2) is 9.89. The summed E-state index contributed by atoms with van der Waals surface area (Å²) in [5.74, 6) is 0.779. The maximum absolute atomic E-state index is 5.66. The zero-order valence-corrected chi connectivity index (χ0v) is 10.9. The van der Waals surface area contributed by atoms with Gasteiger partial charge in [-0.15, -0.1) is 0 Å². The summed E-state index contributed by atoms with van der Waals surface area (Å²) in [4.78, 5) is 0. The molecule has 1 atom stereocenters. The van der Waals surface area contributed by atoms with E-state index in [9.17, 15) is 0 Å². The molecule has 0 aromatic carbocycles. The van der Waals surface area contributed by atoms with Crippen molar-refractivity contribution in [2.45, 2.75) is 64.7 Å². The van der Waals surface area contributed by atoms with Crippen LogP contribution in [0.25, 0.3) is 0 Å². The molecule has 0 aromatic heterocycles. The average molecular weight is 224 g/mol.